The monoisotopic (exact) mass is 432 g/mol. The lowest BCUT2D eigenvalue weighted by Crippen LogP contribution is -2.27. The van der Waals surface area contributed by atoms with Gasteiger partial charge in [-0.1, -0.05) is 24.3 Å². The van der Waals surface area contributed by atoms with E-state index in [0.717, 1.165) is 10.2 Å². The molecule has 0 atom stereocenters. The van der Waals surface area contributed by atoms with Gasteiger partial charge in [-0.25, -0.2) is 14.5 Å². The molecule has 4 aromatic rings. The summed E-state index contributed by atoms with van der Waals surface area (Å²) >= 11 is 0. The highest BCUT2D eigenvalue weighted by molar-refractivity contribution is 5.86. The van der Waals surface area contributed by atoms with E-state index in [9.17, 15) is 14.4 Å². The van der Waals surface area contributed by atoms with Gasteiger partial charge in [-0.05, 0) is 36.8 Å². The molecule has 9 heteroatoms. The van der Waals surface area contributed by atoms with Crippen LogP contribution >= 0.6 is 0 Å². The number of nitrogens with zero attached hydrogens (tertiary/aromatic N) is 4. The summed E-state index contributed by atoms with van der Waals surface area (Å²) < 4.78 is 13.4. The largest absolute Gasteiger partial charge is 0.492 e. The Bertz CT molecular complexity index is 1380. The van der Waals surface area contributed by atoms with Gasteiger partial charge in [0.1, 0.15) is 24.6 Å². The molecule has 0 N–H and O–H groups in total. The number of rotatable bonds is 7. The van der Waals surface area contributed by atoms with Crippen molar-refractivity contribution in [3.05, 3.63) is 105 Å². The van der Waals surface area contributed by atoms with Gasteiger partial charge in [0.25, 0.3) is 11.1 Å². The van der Waals surface area contributed by atoms with Gasteiger partial charge >= 0.3 is 5.97 Å². The third kappa shape index (κ3) is 4.89. The first kappa shape index (κ1) is 21.0. The van der Waals surface area contributed by atoms with Gasteiger partial charge in [-0.2, -0.15) is 5.10 Å². The molecule has 0 radical (unpaired) electrons. The molecule has 32 heavy (non-hydrogen) atoms. The minimum Gasteiger partial charge on any atom is -0.492 e. The lowest BCUT2D eigenvalue weighted by Gasteiger charge is -2.09. The quantitative estimate of drug-likeness (QED) is 0.411. The van der Waals surface area contributed by atoms with E-state index in [4.69, 9.17) is 9.47 Å². The number of pyridine rings is 1. The molecule has 3 heterocycles. The average molecular weight is 432 g/mol. The van der Waals surface area contributed by atoms with E-state index >= 15 is 0 Å². The number of fused-ring (bicyclic) bond motifs is 1. The summed E-state index contributed by atoms with van der Waals surface area (Å²) in [5, 5.41) is 4.06. The van der Waals surface area contributed by atoms with Crippen molar-refractivity contribution in [3.8, 4) is 5.75 Å². The fraction of sp³-hybridized carbons (Fsp3) is 0.174. The lowest BCUT2D eigenvalue weighted by atomic mass is 10.3. The van der Waals surface area contributed by atoms with Crippen LogP contribution in [-0.4, -0.2) is 31.7 Å². The summed E-state index contributed by atoms with van der Waals surface area (Å²) in [7, 11) is 0. The van der Waals surface area contributed by atoms with Crippen LogP contribution in [0.4, 0.5) is 0 Å². The summed E-state index contributed by atoms with van der Waals surface area (Å²) in [5.74, 6) is -0.0568. The van der Waals surface area contributed by atoms with E-state index in [1.54, 1.807) is 24.4 Å². The number of ether oxygens (including phenoxy) is 2. The number of hydrogen-bond acceptors (Lipinski definition) is 7. The average Bonchev–Trinajstić information content (AvgIpc) is 2.80. The zero-order valence-corrected chi connectivity index (χ0v) is 17.3. The third-order valence-electron chi connectivity index (χ3n) is 4.60. The fourth-order valence-electron chi connectivity index (χ4n) is 3.03. The molecule has 0 unspecified atom stereocenters. The Balaban J connectivity index is 1.41. The van der Waals surface area contributed by atoms with Crippen LogP contribution in [0.5, 0.6) is 5.75 Å². The van der Waals surface area contributed by atoms with E-state index in [2.05, 4.69) is 10.1 Å². The van der Waals surface area contributed by atoms with Crippen LogP contribution in [0.25, 0.3) is 5.65 Å². The number of aromatic nitrogens is 4. The van der Waals surface area contributed by atoms with Gasteiger partial charge in [0.05, 0.1) is 12.2 Å². The first-order chi connectivity index (χ1) is 15.5. The summed E-state index contributed by atoms with van der Waals surface area (Å²) in [6, 6.07) is 16.6. The van der Waals surface area contributed by atoms with Crippen molar-refractivity contribution in [2.75, 3.05) is 6.61 Å². The molecule has 0 aliphatic carbocycles. The highest BCUT2D eigenvalue weighted by Crippen LogP contribution is 2.08. The minimum atomic E-state index is -0.728. The normalized spacial score (nSPS) is 10.8. The van der Waals surface area contributed by atoms with E-state index in [1.807, 2.05) is 31.2 Å². The predicted molar refractivity (Wildman–Crippen MR) is 116 cm³/mol. The Morgan fingerprint density at radius 1 is 1.00 bits per heavy atom. The van der Waals surface area contributed by atoms with Crippen LogP contribution in [-0.2, 0) is 17.9 Å². The van der Waals surface area contributed by atoms with Crippen molar-refractivity contribution in [1.82, 2.24) is 19.2 Å². The smallest absolute Gasteiger partial charge is 0.359 e. The van der Waals surface area contributed by atoms with Crippen LogP contribution in [0.3, 0.4) is 0 Å². The molecular formula is C23H20N4O5. The van der Waals surface area contributed by atoms with Gasteiger partial charge in [0, 0.05) is 18.3 Å². The molecule has 162 valence electrons. The predicted octanol–water partition coefficient (Wildman–Crippen LogP) is 2.00. The second kappa shape index (κ2) is 9.25. The molecule has 0 aliphatic heterocycles. The van der Waals surface area contributed by atoms with Crippen LogP contribution in [0, 0.1) is 6.92 Å². The molecular weight excluding hydrogens is 412 g/mol. The molecule has 9 nitrogen and oxygen atoms in total. The maximum atomic E-state index is 12.4. The van der Waals surface area contributed by atoms with Gasteiger partial charge in [0.2, 0.25) is 0 Å². The Kier molecular flexibility index (Phi) is 6.07. The zero-order chi connectivity index (χ0) is 22.5. The van der Waals surface area contributed by atoms with Crippen molar-refractivity contribution < 1.29 is 14.3 Å². The Morgan fingerprint density at radius 2 is 1.81 bits per heavy atom. The zero-order valence-electron chi connectivity index (χ0n) is 17.3. The van der Waals surface area contributed by atoms with E-state index < -0.39 is 5.97 Å². The fourth-order valence-corrected chi connectivity index (χ4v) is 3.03. The maximum Gasteiger partial charge on any atom is 0.359 e. The van der Waals surface area contributed by atoms with Gasteiger partial charge in [-0.3, -0.25) is 14.0 Å². The summed E-state index contributed by atoms with van der Waals surface area (Å²) in [4.78, 5) is 41.1. The Labute approximate surface area is 182 Å². The van der Waals surface area contributed by atoms with Crippen molar-refractivity contribution in [2.45, 2.75) is 20.1 Å². The first-order valence-corrected chi connectivity index (χ1v) is 9.92. The van der Waals surface area contributed by atoms with Crippen molar-refractivity contribution in [2.24, 2.45) is 0 Å². The van der Waals surface area contributed by atoms with Gasteiger partial charge in [-0.15, -0.1) is 0 Å². The summed E-state index contributed by atoms with van der Waals surface area (Å²) in [5.41, 5.74) is 1.04. The topological polar surface area (TPSA) is 105 Å². The van der Waals surface area contributed by atoms with Crippen molar-refractivity contribution in [3.63, 3.8) is 0 Å². The van der Waals surface area contributed by atoms with E-state index in [1.165, 1.54) is 22.6 Å². The highest BCUT2D eigenvalue weighted by Gasteiger charge is 2.13. The maximum absolute atomic E-state index is 12.4. The molecule has 1 aromatic carbocycles. The van der Waals surface area contributed by atoms with Crippen LogP contribution in [0.15, 0.2) is 76.4 Å². The molecule has 3 aromatic heterocycles. The molecule has 0 saturated heterocycles. The summed E-state index contributed by atoms with van der Waals surface area (Å²) in [6.07, 6.45) is 1.69. The van der Waals surface area contributed by atoms with Crippen LogP contribution in [0.1, 0.15) is 21.7 Å². The first-order valence-electron chi connectivity index (χ1n) is 9.92. The van der Waals surface area contributed by atoms with Crippen LogP contribution < -0.4 is 15.9 Å². The molecule has 0 saturated carbocycles. The highest BCUT2D eigenvalue weighted by atomic mass is 16.5. The number of esters is 1. The standard InChI is InChI=1S/C23H20N4O5/c1-16-7-9-20-24-17(13-22(29)26(20)14-16)15-32-23(30)19-8-10-21(28)27(25-19)11-12-31-18-5-3-2-4-6-18/h2-10,13-14H,11-12,15H2,1H3. The lowest BCUT2D eigenvalue weighted by molar-refractivity contribution is 0.0457. The molecule has 4 rings (SSSR count). The molecule has 0 aliphatic rings. The third-order valence-corrected chi connectivity index (χ3v) is 4.60. The van der Waals surface area contributed by atoms with E-state index in [-0.39, 0.29) is 36.6 Å². The van der Waals surface area contributed by atoms with Crippen molar-refractivity contribution in [1.29, 1.82) is 0 Å². The minimum absolute atomic E-state index is 0.0301. The van der Waals surface area contributed by atoms with Gasteiger partial charge in [0.15, 0.2) is 5.69 Å². The number of para-hydroxylation sites is 1. The Hall–Kier alpha value is -4.27. The molecule has 0 fully saturated rings. The van der Waals surface area contributed by atoms with E-state index in [0.29, 0.717) is 17.1 Å². The second-order valence-electron chi connectivity index (χ2n) is 7.04. The number of benzene rings is 1. The molecule has 0 spiro atoms. The van der Waals surface area contributed by atoms with Gasteiger partial charge < -0.3 is 9.47 Å². The molecule has 0 amide bonds. The Morgan fingerprint density at radius 3 is 2.62 bits per heavy atom. The summed E-state index contributed by atoms with van der Waals surface area (Å²) in [6.45, 7) is 2.05. The number of hydrogen-bond donors (Lipinski definition) is 0. The van der Waals surface area contributed by atoms with Crippen LogP contribution in [0.2, 0.25) is 0 Å². The number of carbonyl (C=O) groups is 1. The second-order valence-corrected chi connectivity index (χ2v) is 7.04. The van der Waals surface area contributed by atoms with Crippen molar-refractivity contribution >= 4 is 11.6 Å². The SMILES string of the molecule is Cc1ccc2nc(COC(=O)c3ccc(=O)n(CCOc4ccccc4)n3)cc(=O)n2c1. The molecule has 0 bridgehead atoms. The number of aryl methyl sites for hydroxylation is 1. The number of carbonyl (C=O) groups excluding carboxylic acids is 1.